The van der Waals surface area contributed by atoms with Gasteiger partial charge in [0, 0.05) is 25.7 Å². The van der Waals surface area contributed by atoms with Gasteiger partial charge in [-0.15, -0.1) is 0 Å². The van der Waals surface area contributed by atoms with Crippen molar-refractivity contribution < 1.29 is 0 Å². The number of hydrogen-bond donors (Lipinski definition) is 1. The van der Waals surface area contributed by atoms with Crippen molar-refractivity contribution in [1.82, 2.24) is 10.2 Å². The van der Waals surface area contributed by atoms with E-state index >= 15 is 0 Å². The van der Waals surface area contributed by atoms with E-state index in [1.165, 1.54) is 51.9 Å². The predicted molar refractivity (Wildman–Crippen MR) is 67.2 cm³/mol. The molecule has 0 radical (unpaired) electrons. The van der Waals surface area contributed by atoms with Gasteiger partial charge in [-0.3, -0.25) is 4.90 Å². The highest BCUT2D eigenvalue weighted by molar-refractivity contribution is 4.75. The third-order valence-corrected chi connectivity index (χ3v) is 3.46. The second-order valence-corrected chi connectivity index (χ2v) is 5.15. The van der Waals surface area contributed by atoms with Gasteiger partial charge in [-0.2, -0.15) is 0 Å². The molecule has 0 amide bonds. The Morgan fingerprint density at radius 2 is 2.20 bits per heavy atom. The van der Waals surface area contributed by atoms with Gasteiger partial charge in [0.2, 0.25) is 0 Å². The average molecular weight is 212 g/mol. The highest BCUT2D eigenvalue weighted by atomic mass is 15.2. The van der Waals surface area contributed by atoms with E-state index in [0.717, 1.165) is 12.0 Å². The van der Waals surface area contributed by atoms with Gasteiger partial charge in [0.1, 0.15) is 0 Å². The summed E-state index contributed by atoms with van der Waals surface area (Å²) in [7, 11) is 0. The van der Waals surface area contributed by atoms with Crippen molar-refractivity contribution in [3.8, 4) is 0 Å². The molecule has 2 heteroatoms. The van der Waals surface area contributed by atoms with E-state index in [1.54, 1.807) is 0 Å². The normalized spacial score (nSPS) is 26.2. The fourth-order valence-corrected chi connectivity index (χ4v) is 2.40. The van der Waals surface area contributed by atoms with Gasteiger partial charge in [0.15, 0.2) is 0 Å². The zero-order chi connectivity index (χ0) is 11.1. The summed E-state index contributed by atoms with van der Waals surface area (Å²) >= 11 is 0. The molecule has 0 bridgehead atoms. The summed E-state index contributed by atoms with van der Waals surface area (Å²) in [5.74, 6) is 0.807. The summed E-state index contributed by atoms with van der Waals surface area (Å²) in [5.41, 5.74) is 0. The van der Waals surface area contributed by atoms with E-state index in [9.17, 15) is 0 Å². The summed E-state index contributed by atoms with van der Waals surface area (Å²) in [4.78, 5) is 2.67. The molecule has 0 aromatic heterocycles. The first-order valence-electron chi connectivity index (χ1n) is 6.68. The van der Waals surface area contributed by atoms with Crippen LogP contribution in [-0.2, 0) is 0 Å². The van der Waals surface area contributed by atoms with Crippen LogP contribution in [-0.4, -0.2) is 37.1 Å². The molecule has 1 rings (SSSR count). The molecule has 90 valence electrons. The topological polar surface area (TPSA) is 15.3 Å². The molecule has 0 saturated carbocycles. The van der Waals surface area contributed by atoms with E-state index in [4.69, 9.17) is 0 Å². The maximum atomic E-state index is 3.51. The van der Waals surface area contributed by atoms with Crippen LogP contribution in [0.4, 0.5) is 0 Å². The van der Waals surface area contributed by atoms with Gasteiger partial charge in [0.05, 0.1) is 0 Å². The van der Waals surface area contributed by atoms with Crippen LogP contribution in [0.2, 0.25) is 0 Å². The van der Waals surface area contributed by atoms with Crippen molar-refractivity contribution >= 4 is 0 Å². The number of unbranched alkanes of at least 4 members (excludes halogenated alkanes) is 2. The zero-order valence-electron chi connectivity index (χ0n) is 10.8. The van der Waals surface area contributed by atoms with Crippen LogP contribution in [0, 0.1) is 5.92 Å². The van der Waals surface area contributed by atoms with Crippen LogP contribution in [0.25, 0.3) is 0 Å². The predicted octanol–water partition coefficient (Wildman–Crippen LogP) is 2.50. The van der Waals surface area contributed by atoms with E-state index in [0.29, 0.717) is 0 Å². The lowest BCUT2D eigenvalue weighted by Crippen LogP contribution is -2.37. The van der Waals surface area contributed by atoms with Crippen LogP contribution in [0.15, 0.2) is 0 Å². The SMILES string of the molecule is CCCCCC(C)N1CCNCC(C)C1. The molecule has 1 aliphatic rings. The summed E-state index contributed by atoms with van der Waals surface area (Å²) in [6, 6.07) is 0.777. The molecule has 1 aliphatic heterocycles. The van der Waals surface area contributed by atoms with Gasteiger partial charge < -0.3 is 5.32 Å². The molecule has 0 aliphatic carbocycles. The molecule has 1 heterocycles. The number of rotatable bonds is 5. The number of hydrogen-bond acceptors (Lipinski definition) is 2. The van der Waals surface area contributed by atoms with Gasteiger partial charge in [-0.1, -0.05) is 33.1 Å². The lowest BCUT2D eigenvalue weighted by Gasteiger charge is -2.29. The van der Waals surface area contributed by atoms with E-state index in [1.807, 2.05) is 0 Å². The Hall–Kier alpha value is -0.0800. The van der Waals surface area contributed by atoms with E-state index in [-0.39, 0.29) is 0 Å². The molecule has 2 unspecified atom stereocenters. The first-order chi connectivity index (χ1) is 7.24. The van der Waals surface area contributed by atoms with Gasteiger partial charge in [-0.25, -0.2) is 0 Å². The Morgan fingerprint density at radius 3 is 2.93 bits per heavy atom. The Morgan fingerprint density at radius 1 is 1.40 bits per heavy atom. The Balaban J connectivity index is 2.26. The summed E-state index contributed by atoms with van der Waals surface area (Å²) < 4.78 is 0. The van der Waals surface area contributed by atoms with Crippen LogP contribution in [0.5, 0.6) is 0 Å². The minimum atomic E-state index is 0.777. The summed E-state index contributed by atoms with van der Waals surface area (Å²) in [5, 5.41) is 3.51. The number of nitrogens with zero attached hydrogens (tertiary/aromatic N) is 1. The molecule has 0 aromatic carbocycles. The lowest BCUT2D eigenvalue weighted by molar-refractivity contribution is 0.190. The standard InChI is InChI=1S/C13H28N2/c1-4-5-6-7-13(3)15-9-8-14-10-12(2)11-15/h12-14H,4-11H2,1-3H3. The smallest absolute Gasteiger partial charge is 0.0110 e. The highest BCUT2D eigenvalue weighted by Gasteiger charge is 2.18. The van der Waals surface area contributed by atoms with Crippen molar-refractivity contribution in [2.24, 2.45) is 5.92 Å². The molecule has 0 aromatic rings. The van der Waals surface area contributed by atoms with Crippen LogP contribution < -0.4 is 5.32 Å². The molecule has 0 spiro atoms. The first kappa shape index (κ1) is 13.0. The Bertz CT molecular complexity index is 159. The van der Waals surface area contributed by atoms with Crippen molar-refractivity contribution in [1.29, 1.82) is 0 Å². The van der Waals surface area contributed by atoms with Crippen molar-refractivity contribution in [2.45, 2.75) is 52.5 Å². The second-order valence-electron chi connectivity index (χ2n) is 5.15. The van der Waals surface area contributed by atoms with Crippen molar-refractivity contribution in [3.05, 3.63) is 0 Å². The third-order valence-electron chi connectivity index (χ3n) is 3.46. The maximum Gasteiger partial charge on any atom is 0.0110 e. The van der Waals surface area contributed by atoms with Crippen molar-refractivity contribution in [3.63, 3.8) is 0 Å². The summed E-state index contributed by atoms with van der Waals surface area (Å²) in [6.45, 7) is 11.9. The molecule has 1 saturated heterocycles. The molecule has 1 N–H and O–H groups in total. The molecule has 1 fully saturated rings. The van der Waals surface area contributed by atoms with Crippen LogP contribution >= 0.6 is 0 Å². The van der Waals surface area contributed by atoms with Gasteiger partial charge >= 0.3 is 0 Å². The molecular weight excluding hydrogens is 184 g/mol. The average Bonchev–Trinajstić information content (AvgIpc) is 2.43. The minimum absolute atomic E-state index is 0.777. The monoisotopic (exact) mass is 212 g/mol. The minimum Gasteiger partial charge on any atom is -0.315 e. The first-order valence-corrected chi connectivity index (χ1v) is 6.68. The lowest BCUT2D eigenvalue weighted by atomic mass is 10.1. The van der Waals surface area contributed by atoms with Crippen LogP contribution in [0.3, 0.4) is 0 Å². The zero-order valence-corrected chi connectivity index (χ0v) is 10.8. The second kappa shape index (κ2) is 7.24. The molecular formula is C13H28N2. The van der Waals surface area contributed by atoms with Gasteiger partial charge in [-0.05, 0) is 25.8 Å². The maximum absolute atomic E-state index is 3.51. The Labute approximate surface area is 95.4 Å². The largest absolute Gasteiger partial charge is 0.315 e. The molecule has 2 atom stereocenters. The van der Waals surface area contributed by atoms with Gasteiger partial charge in [0.25, 0.3) is 0 Å². The quantitative estimate of drug-likeness (QED) is 0.704. The van der Waals surface area contributed by atoms with Crippen LogP contribution in [0.1, 0.15) is 46.5 Å². The summed E-state index contributed by atoms with van der Waals surface area (Å²) in [6.07, 6.45) is 5.51. The fraction of sp³-hybridized carbons (Fsp3) is 1.00. The van der Waals surface area contributed by atoms with Crippen molar-refractivity contribution in [2.75, 3.05) is 26.2 Å². The fourth-order valence-electron chi connectivity index (χ4n) is 2.40. The third kappa shape index (κ3) is 4.98. The van der Waals surface area contributed by atoms with E-state index in [2.05, 4.69) is 31.0 Å². The molecule has 15 heavy (non-hydrogen) atoms. The molecule has 2 nitrogen and oxygen atoms in total. The Kier molecular flexibility index (Phi) is 6.26. The highest BCUT2D eigenvalue weighted by Crippen LogP contribution is 2.12. The number of nitrogens with one attached hydrogen (secondary N) is 1. The van der Waals surface area contributed by atoms with E-state index < -0.39 is 0 Å².